The number of nitrogens with one attached hydrogen (secondary N) is 1. The van der Waals surface area contributed by atoms with Gasteiger partial charge in [-0.2, -0.15) is 10.5 Å². The van der Waals surface area contributed by atoms with E-state index >= 15 is 0 Å². The Hall–Kier alpha value is 0.180. The van der Waals surface area contributed by atoms with Gasteiger partial charge in [-0.25, -0.2) is 0 Å². The lowest BCUT2D eigenvalue weighted by Crippen LogP contribution is -2.36. The molecule has 2 heteroatoms. The van der Waals surface area contributed by atoms with E-state index < -0.39 is 0 Å². The quantitative estimate of drug-likeness (QED) is 0.695. The molecule has 0 saturated carbocycles. The van der Waals surface area contributed by atoms with Gasteiger partial charge in [0.1, 0.15) is 0 Å². The van der Waals surface area contributed by atoms with Crippen molar-refractivity contribution >= 4 is 16.4 Å². The zero-order valence-electron chi connectivity index (χ0n) is 10.0. The molecule has 0 aromatic rings. The van der Waals surface area contributed by atoms with Crippen LogP contribution in [0.2, 0.25) is 0 Å². The minimum atomic E-state index is 0.223. The summed E-state index contributed by atoms with van der Waals surface area (Å²) in [6.07, 6.45) is 0. The molecule has 13 heavy (non-hydrogen) atoms. The van der Waals surface area contributed by atoms with E-state index in [1.165, 1.54) is 5.75 Å². The second-order valence-electron chi connectivity index (χ2n) is 5.89. The van der Waals surface area contributed by atoms with Crippen LogP contribution in [-0.2, 0) is 0 Å². The van der Waals surface area contributed by atoms with Gasteiger partial charge in [-0.1, -0.05) is 26.6 Å². The Bertz CT molecular complexity index is 172. The average molecular weight is 203 g/mol. The highest BCUT2D eigenvalue weighted by atomic mass is 32.2. The van der Waals surface area contributed by atoms with Gasteiger partial charge in [-0.15, -0.1) is 0 Å². The van der Waals surface area contributed by atoms with Gasteiger partial charge in [0, 0.05) is 11.4 Å². The first-order valence-corrected chi connectivity index (χ1v) is 6.56. The molecule has 0 aromatic carbocycles. The molecule has 0 radical (unpaired) electrons. The minimum Gasteiger partial charge on any atom is -0.304 e. The van der Waals surface area contributed by atoms with Gasteiger partial charge < -0.3 is 5.32 Å². The molecule has 0 aliphatic rings. The zero-order chi connectivity index (χ0) is 10.7. The van der Waals surface area contributed by atoms with E-state index in [9.17, 15) is 0 Å². The number of rotatable bonds is 3. The van der Waals surface area contributed by atoms with Crippen molar-refractivity contribution in [2.75, 3.05) is 11.6 Å². The van der Waals surface area contributed by atoms with Crippen molar-refractivity contribution in [3.05, 3.63) is 0 Å². The van der Waals surface area contributed by atoms with Crippen molar-refractivity contribution in [2.24, 2.45) is 5.41 Å². The molecule has 1 atom stereocenters. The van der Waals surface area contributed by atoms with E-state index in [1.807, 2.05) is 0 Å². The molecule has 0 heterocycles. The summed E-state index contributed by atoms with van der Waals surface area (Å²) < 4.78 is 0. The summed E-state index contributed by atoms with van der Waals surface area (Å²) in [4.78, 5) is 0. The third kappa shape index (κ3) is 10.1. The zero-order valence-corrected chi connectivity index (χ0v) is 10.8. The van der Waals surface area contributed by atoms with Crippen molar-refractivity contribution in [1.29, 1.82) is 0 Å². The van der Waals surface area contributed by atoms with Crippen LogP contribution in [0.25, 0.3) is 0 Å². The third-order valence-electron chi connectivity index (χ3n) is 1.44. The Balaban J connectivity index is 3.78. The average Bonchev–Trinajstić information content (AvgIpc) is 1.78. The highest BCUT2D eigenvalue weighted by molar-refractivity contribution is 8.14. The first-order chi connectivity index (χ1) is 5.60. The normalized spacial score (nSPS) is 15.8. The van der Waals surface area contributed by atoms with E-state index in [0.717, 1.165) is 5.88 Å². The van der Waals surface area contributed by atoms with Gasteiger partial charge in [-0.05, 0) is 31.9 Å². The van der Waals surface area contributed by atoms with Crippen LogP contribution in [0.15, 0.2) is 0 Å². The lowest BCUT2D eigenvalue weighted by Gasteiger charge is -2.25. The number of hydrogen-bond acceptors (Lipinski definition) is 1. The molecule has 0 bridgehead atoms. The van der Waals surface area contributed by atoms with Crippen molar-refractivity contribution in [1.82, 2.24) is 5.32 Å². The summed E-state index contributed by atoms with van der Waals surface area (Å²) >= 11 is 0. The fourth-order valence-corrected chi connectivity index (χ4v) is 2.95. The van der Waals surface area contributed by atoms with E-state index in [2.05, 4.69) is 52.7 Å². The van der Waals surface area contributed by atoms with E-state index in [0.29, 0.717) is 5.41 Å². The molecule has 0 rings (SSSR count). The Morgan fingerprint density at radius 3 is 1.85 bits per heavy atom. The topological polar surface area (TPSA) is 12.0 Å². The van der Waals surface area contributed by atoms with Gasteiger partial charge in [-0.3, -0.25) is 0 Å². The van der Waals surface area contributed by atoms with Crippen LogP contribution in [0, 0.1) is 5.41 Å². The summed E-state index contributed by atoms with van der Waals surface area (Å²) in [5.41, 5.74) is 0.630. The summed E-state index contributed by atoms with van der Waals surface area (Å²) in [7, 11) is 0.253. The standard InChI is InChI=1S/C11H25NS/c1-10(2,3)8-13(7)9-12-11(4,5)6/h12H,7-9H2,1-6H3. The molecular weight excluding hydrogens is 178 g/mol. The highest BCUT2D eigenvalue weighted by Crippen LogP contribution is 2.23. The Morgan fingerprint density at radius 2 is 1.54 bits per heavy atom. The molecule has 0 spiro atoms. The first-order valence-electron chi connectivity index (χ1n) is 4.82. The van der Waals surface area contributed by atoms with Crippen LogP contribution in [0.3, 0.4) is 0 Å². The highest BCUT2D eigenvalue weighted by Gasteiger charge is 2.13. The van der Waals surface area contributed by atoms with Crippen LogP contribution in [0.1, 0.15) is 41.5 Å². The lowest BCUT2D eigenvalue weighted by molar-refractivity contribution is 0.456. The molecule has 0 amide bonds. The van der Waals surface area contributed by atoms with Gasteiger partial charge in [0.25, 0.3) is 0 Å². The van der Waals surface area contributed by atoms with Gasteiger partial charge in [0.05, 0.1) is 0 Å². The minimum absolute atomic E-state index is 0.223. The van der Waals surface area contributed by atoms with Crippen LogP contribution in [-0.4, -0.2) is 23.0 Å². The summed E-state index contributed by atoms with van der Waals surface area (Å²) in [5, 5.41) is 3.49. The molecule has 0 saturated heterocycles. The van der Waals surface area contributed by atoms with E-state index in [-0.39, 0.29) is 16.0 Å². The number of hydrogen-bond donors (Lipinski definition) is 1. The SMILES string of the molecule is C=S(CNC(C)(C)C)CC(C)(C)C. The second kappa shape index (κ2) is 4.61. The van der Waals surface area contributed by atoms with Crippen LogP contribution < -0.4 is 5.32 Å². The molecular formula is C11H25NS. The predicted molar refractivity (Wildman–Crippen MR) is 66.8 cm³/mol. The fraction of sp³-hybridized carbons (Fsp3) is 0.909. The van der Waals surface area contributed by atoms with Gasteiger partial charge in [0.15, 0.2) is 0 Å². The molecule has 0 aliphatic heterocycles. The monoisotopic (exact) mass is 203 g/mol. The van der Waals surface area contributed by atoms with E-state index in [1.54, 1.807) is 0 Å². The Kier molecular flexibility index (Phi) is 4.67. The molecule has 80 valence electrons. The molecule has 1 nitrogen and oxygen atoms in total. The molecule has 0 fully saturated rings. The van der Waals surface area contributed by atoms with Crippen molar-refractivity contribution < 1.29 is 0 Å². The predicted octanol–water partition coefficient (Wildman–Crippen LogP) is 3.08. The second-order valence-corrected chi connectivity index (χ2v) is 7.69. The van der Waals surface area contributed by atoms with Crippen molar-refractivity contribution in [2.45, 2.75) is 47.1 Å². The van der Waals surface area contributed by atoms with Gasteiger partial charge >= 0.3 is 0 Å². The maximum Gasteiger partial charge on any atom is 0.0367 e. The van der Waals surface area contributed by atoms with Crippen LogP contribution in [0.4, 0.5) is 0 Å². The first kappa shape index (κ1) is 13.2. The summed E-state index contributed by atoms with van der Waals surface area (Å²) in [6.45, 7) is 13.4. The maximum atomic E-state index is 4.19. The largest absolute Gasteiger partial charge is 0.304 e. The smallest absolute Gasteiger partial charge is 0.0367 e. The Morgan fingerprint density at radius 1 is 1.08 bits per heavy atom. The van der Waals surface area contributed by atoms with Crippen molar-refractivity contribution in [3.63, 3.8) is 0 Å². The maximum absolute atomic E-state index is 4.19. The summed E-state index contributed by atoms with van der Waals surface area (Å²) in [5.74, 6) is 6.44. The Labute approximate surface area is 86.2 Å². The third-order valence-corrected chi connectivity index (χ3v) is 3.27. The van der Waals surface area contributed by atoms with E-state index in [4.69, 9.17) is 0 Å². The van der Waals surface area contributed by atoms with Crippen LogP contribution >= 0.6 is 10.5 Å². The summed E-state index contributed by atoms with van der Waals surface area (Å²) in [6, 6.07) is 0. The molecule has 0 aliphatic carbocycles. The molecule has 0 aromatic heterocycles. The molecule has 1 N–H and O–H groups in total. The van der Waals surface area contributed by atoms with Crippen LogP contribution in [0.5, 0.6) is 0 Å². The fourth-order valence-electron chi connectivity index (χ4n) is 0.982. The van der Waals surface area contributed by atoms with Gasteiger partial charge in [0.2, 0.25) is 0 Å². The molecule has 1 unspecified atom stereocenters. The van der Waals surface area contributed by atoms with Crippen molar-refractivity contribution in [3.8, 4) is 0 Å². The lowest BCUT2D eigenvalue weighted by atomic mass is 10.0.